The maximum Gasteiger partial charge on any atom is 0.191 e. The van der Waals surface area contributed by atoms with E-state index in [1.807, 2.05) is 66.7 Å². The normalized spacial score (nSPS) is 10.2. The van der Waals surface area contributed by atoms with Crippen LogP contribution in [-0.4, -0.2) is 12.6 Å². The second kappa shape index (κ2) is 8.02. The van der Waals surface area contributed by atoms with E-state index in [1.54, 1.807) is 0 Å². The Morgan fingerprint density at radius 1 is 0.840 bits per heavy atom. The van der Waals surface area contributed by atoms with Gasteiger partial charge in [-0.2, -0.15) is 0 Å². The molecule has 0 bridgehead atoms. The summed E-state index contributed by atoms with van der Waals surface area (Å²) >= 11 is 0. The van der Waals surface area contributed by atoms with E-state index in [0.29, 0.717) is 12.3 Å². The summed E-state index contributed by atoms with van der Waals surface area (Å²) in [6, 6.07) is 26.0. The van der Waals surface area contributed by atoms with E-state index in [-0.39, 0.29) is 5.96 Å². The topological polar surface area (TPSA) is 73.6 Å². The summed E-state index contributed by atoms with van der Waals surface area (Å²) in [5.74, 6) is 0.855. The number of hydrogen-bond donors (Lipinski definition) is 2. The Morgan fingerprint density at radius 2 is 1.52 bits per heavy atom. The number of nitrogens with zero attached hydrogens (tertiary/aromatic N) is 1. The van der Waals surface area contributed by atoms with E-state index in [1.165, 1.54) is 5.56 Å². The largest absolute Gasteiger partial charge is 0.493 e. The molecule has 3 aromatic rings. The minimum absolute atomic E-state index is 0.0387. The Kier molecular flexibility index (Phi) is 5.32. The van der Waals surface area contributed by atoms with Crippen molar-refractivity contribution < 1.29 is 4.74 Å². The number of hydrogen-bond acceptors (Lipinski definition) is 2. The SMILES string of the molecule is NC(N)=Nc1ccc(OCCc2ccccc2)c(-c2ccccc2)c1. The van der Waals surface area contributed by atoms with Crippen molar-refractivity contribution in [3.8, 4) is 16.9 Å². The molecule has 3 rings (SSSR count). The van der Waals surface area contributed by atoms with Crippen molar-refractivity contribution in [1.29, 1.82) is 0 Å². The van der Waals surface area contributed by atoms with Crippen molar-refractivity contribution >= 4 is 11.6 Å². The summed E-state index contributed by atoms with van der Waals surface area (Å²) in [4.78, 5) is 4.13. The smallest absolute Gasteiger partial charge is 0.191 e. The second-order valence-corrected chi connectivity index (χ2v) is 5.67. The molecule has 0 aliphatic heterocycles. The van der Waals surface area contributed by atoms with Crippen molar-refractivity contribution in [2.75, 3.05) is 6.61 Å². The van der Waals surface area contributed by atoms with Gasteiger partial charge in [0.05, 0.1) is 12.3 Å². The van der Waals surface area contributed by atoms with Gasteiger partial charge in [-0.15, -0.1) is 0 Å². The molecule has 0 unspecified atom stereocenters. The lowest BCUT2D eigenvalue weighted by atomic mass is 10.0. The van der Waals surface area contributed by atoms with Crippen LogP contribution in [0.3, 0.4) is 0 Å². The van der Waals surface area contributed by atoms with Gasteiger partial charge < -0.3 is 16.2 Å². The van der Waals surface area contributed by atoms with E-state index in [2.05, 4.69) is 17.1 Å². The van der Waals surface area contributed by atoms with E-state index >= 15 is 0 Å². The zero-order valence-corrected chi connectivity index (χ0v) is 13.9. The summed E-state index contributed by atoms with van der Waals surface area (Å²) in [5.41, 5.74) is 15.0. The van der Waals surface area contributed by atoms with Crippen LogP contribution in [0, 0.1) is 0 Å². The molecule has 4 heteroatoms. The Bertz CT molecular complexity index is 842. The lowest BCUT2D eigenvalue weighted by molar-refractivity contribution is 0.323. The summed E-state index contributed by atoms with van der Waals surface area (Å²) in [5, 5.41) is 0. The first kappa shape index (κ1) is 16.6. The maximum atomic E-state index is 6.04. The van der Waals surface area contributed by atoms with Gasteiger partial charge in [0.1, 0.15) is 5.75 Å². The second-order valence-electron chi connectivity index (χ2n) is 5.67. The fourth-order valence-corrected chi connectivity index (χ4v) is 2.63. The highest BCUT2D eigenvalue weighted by atomic mass is 16.5. The number of guanidine groups is 1. The van der Waals surface area contributed by atoms with Gasteiger partial charge in [-0.1, -0.05) is 60.7 Å². The first-order valence-electron chi connectivity index (χ1n) is 8.18. The minimum atomic E-state index is 0.0387. The quantitative estimate of drug-likeness (QED) is 0.532. The number of benzene rings is 3. The fraction of sp³-hybridized carbons (Fsp3) is 0.0952. The van der Waals surface area contributed by atoms with Crippen molar-refractivity contribution in [2.24, 2.45) is 16.5 Å². The Hall–Kier alpha value is -3.27. The molecule has 0 saturated heterocycles. The molecule has 0 amide bonds. The van der Waals surface area contributed by atoms with Crippen molar-refractivity contribution in [3.05, 3.63) is 84.4 Å². The highest BCUT2D eigenvalue weighted by Gasteiger charge is 2.08. The Morgan fingerprint density at radius 3 is 2.20 bits per heavy atom. The summed E-state index contributed by atoms with van der Waals surface area (Å²) in [6.07, 6.45) is 0.852. The van der Waals surface area contributed by atoms with Gasteiger partial charge in [-0.25, -0.2) is 4.99 Å². The van der Waals surface area contributed by atoms with Crippen LogP contribution in [0.5, 0.6) is 5.75 Å². The Labute approximate surface area is 147 Å². The molecule has 0 aromatic heterocycles. The lowest BCUT2D eigenvalue weighted by Crippen LogP contribution is -2.21. The van der Waals surface area contributed by atoms with Crippen LogP contribution < -0.4 is 16.2 Å². The fourth-order valence-electron chi connectivity index (χ4n) is 2.63. The molecular formula is C21H21N3O. The van der Waals surface area contributed by atoms with Gasteiger partial charge in [-0.05, 0) is 29.3 Å². The van der Waals surface area contributed by atoms with E-state index in [9.17, 15) is 0 Å². The molecule has 126 valence electrons. The predicted octanol–water partition coefficient (Wildman–Crippen LogP) is 3.88. The van der Waals surface area contributed by atoms with E-state index in [0.717, 1.165) is 23.3 Å². The predicted molar refractivity (Wildman–Crippen MR) is 103 cm³/mol. The standard InChI is InChI=1S/C21H21N3O/c22-21(23)24-18-11-12-20(19(15-18)17-9-5-2-6-10-17)25-14-13-16-7-3-1-4-8-16/h1-12,15H,13-14H2,(H4,22,23,24). The zero-order valence-electron chi connectivity index (χ0n) is 13.9. The van der Waals surface area contributed by atoms with Gasteiger partial charge in [0.25, 0.3) is 0 Å². The zero-order chi connectivity index (χ0) is 17.5. The van der Waals surface area contributed by atoms with Crippen LogP contribution >= 0.6 is 0 Å². The molecule has 0 fully saturated rings. The molecular weight excluding hydrogens is 310 g/mol. The van der Waals surface area contributed by atoms with Crippen LogP contribution in [0.1, 0.15) is 5.56 Å². The average Bonchev–Trinajstić information content (AvgIpc) is 2.64. The van der Waals surface area contributed by atoms with Crippen LogP contribution in [0.2, 0.25) is 0 Å². The molecule has 0 radical (unpaired) electrons. The molecule has 0 spiro atoms. The first-order valence-corrected chi connectivity index (χ1v) is 8.18. The van der Waals surface area contributed by atoms with Gasteiger partial charge in [0.15, 0.2) is 5.96 Å². The minimum Gasteiger partial charge on any atom is -0.493 e. The molecule has 4 nitrogen and oxygen atoms in total. The van der Waals surface area contributed by atoms with E-state index < -0.39 is 0 Å². The lowest BCUT2D eigenvalue weighted by Gasteiger charge is -2.13. The van der Waals surface area contributed by atoms with Gasteiger partial charge >= 0.3 is 0 Å². The van der Waals surface area contributed by atoms with Gasteiger partial charge in [0, 0.05) is 12.0 Å². The average molecular weight is 331 g/mol. The maximum absolute atomic E-state index is 6.04. The van der Waals surface area contributed by atoms with Gasteiger partial charge in [0.2, 0.25) is 0 Å². The molecule has 0 heterocycles. The van der Waals surface area contributed by atoms with Gasteiger partial charge in [-0.3, -0.25) is 0 Å². The van der Waals surface area contributed by atoms with E-state index in [4.69, 9.17) is 16.2 Å². The third-order valence-corrected chi connectivity index (χ3v) is 3.80. The molecule has 0 aliphatic rings. The molecule has 0 atom stereocenters. The summed E-state index contributed by atoms with van der Waals surface area (Å²) < 4.78 is 6.04. The molecule has 4 N–H and O–H groups in total. The summed E-state index contributed by atoms with van der Waals surface area (Å²) in [7, 11) is 0. The number of ether oxygens (including phenoxy) is 1. The van der Waals surface area contributed by atoms with Crippen molar-refractivity contribution in [2.45, 2.75) is 6.42 Å². The molecule has 3 aromatic carbocycles. The van der Waals surface area contributed by atoms with Crippen LogP contribution in [0.4, 0.5) is 5.69 Å². The van der Waals surface area contributed by atoms with Crippen molar-refractivity contribution in [3.63, 3.8) is 0 Å². The summed E-state index contributed by atoms with van der Waals surface area (Å²) in [6.45, 7) is 0.603. The van der Waals surface area contributed by atoms with Crippen LogP contribution in [-0.2, 0) is 6.42 Å². The van der Waals surface area contributed by atoms with Crippen LogP contribution in [0.15, 0.2) is 83.9 Å². The third kappa shape index (κ3) is 4.61. The molecule has 0 aliphatic carbocycles. The van der Waals surface area contributed by atoms with Crippen LogP contribution in [0.25, 0.3) is 11.1 Å². The third-order valence-electron chi connectivity index (χ3n) is 3.80. The number of nitrogens with two attached hydrogens (primary N) is 2. The molecule has 25 heavy (non-hydrogen) atoms. The number of aliphatic imine (C=N–C) groups is 1. The van der Waals surface area contributed by atoms with Crippen molar-refractivity contribution in [1.82, 2.24) is 0 Å². The molecule has 0 saturated carbocycles. The first-order chi connectivity index (χ1) is 12.2. The highest BCUT2D eigenvalue weighted by Crippen LogP contribution is 2.33. The number of rotatable bonds is 6. The highest BCUT2D eigenvalue weighted by molar-refractivity contribution is 5.81. The monoisotopic (exact) mass is 331 g/mol. The Balaban J connectivity index is 1.83.